The van der Waals surface area contributed by atoms with E-state index in [0.717, 1.165) is 17.8 Å². The van der Waals surface area contributed by atoms with E-state index in [1.54, 1.807) is 39.0 Å². The van der Waals surface area contributed by atoms with Crippen molar-refractivity contribution in [1.29, 1.82) is 5.26 Å². The Balaban J connectivity index is 1.64. The van der Waals surface area contributed by atoms with Gasteiger partial charge in [0, 0.05) is 16.2 Å². The zero-order valence-electron chi connectivity index (χ0n) is 20.8. The molecule has 0 saturated carbocycles. The summed E-state index contributed by atoms with van der Waals surface area (Å²) in [5.74, 6) is -2.95. The first-order valence-electron chi connectivity index (χ1n) is 11.4. The first-order valence-corrected chi connectivity index (χ1v) is 12.4. The highest BCUT2D eigenvalue weighted by molar-refractivity contribution is 7.99. The van der Waals surface area contributed by atoms with Gasteiger partial charge in [-0.05, 0) is 38.5 Å². The van der Waals surface area contributed by atoms with Crippen LogP contribution in [-0.4, -0.2) is 39.5 Å². The average Bonchev–Trinajstić information content (AvgIpc) is 3.31. The van der Waals surface area contributed by atoms with Crippen molar-refractivity contribution in [3.8, 4) is 17.5 Å². The van der Waals surface area contributed by atoms with Crippen LogP contribution in [0.25, 0.3) is 11.4 Å². The Labute approximate surface area is 224 Å². The molecule has 2 aromatic carbocycles. The molecule has 14 heteroatoms. The van der Waals surface area contributed by atoms with Crippen molar-refractivity contribution in [2.45, 2.75) is 50.0 Å². The molecular formula is C25H21F4N5O4S. The Morgan fingerprint density at radius 2 is 1.95 bits per heavy atom. The molecule has 2 amide bonds. The van der Waals surface area contributed by atoms with E-state index in [-0.39, 0.29) is 34.9 Å². The summed E-state index contributed by atoms with van der Waals surface area (Å²) < 4.78 is 62.3. The predicted octanol–water partition coefficient (Wildman–Crippen LogP) is 5.30. The summed E-state index contributed by atoms with van der Waals surface area (Å²) in [7, 11) is 0. The van der Waals surface area contributed by atoms with Gasteiger partial charge in [-0.15, -0.1) is 11.8 Å². The molecule has 1 aliphatic heterocycles. The molecule has 1 aromatic heterocycles. The Bertz CT molecular complexity index is 1440. The smallest absolute Gasteiger partial charge is 0.444 e. The average molecular weight is 564 g/mol. The maximum Gasteiger partial charge on any atom is 0.471 e. The molecule has 9 nitrogen and oxygen atoms in total. The molecule has 1 atom stereocenters. The largest absolute Gasteiger partial charge is 0.471 e. The minimum absolute atomic E-state index is 0.0598. The van der Waals surface area contributed by atoms with E-state index in [4.69, 9.17) is 4.74 Å². The second-order valence-electron chi connectivity index (χ2n) is 9.46. The fraction of sp³-hybridized carbons (Fsp3) is 0.320. The number of halogens is 4. The lowest BCUT2D eigenvalue weighted by atomic mass is 10.1. The molecule has 1 aliphatic rings. The molecule has 0 aliphatic carbocycles. The maximum atomic E-state index is 14.4. The van der Waals surface area contributed by atoms with Gasteiger partial charge in [-0.3, -0.25) is 4.79 Å². The molecule has 39 heavy (non-hydrogen) atoms. The fourth-order valence-corrected chi connectivity index (χ4v) is 4.70. The highest BCUT2D eigenvalue weighted by Crippen LogP contribution is 2.37. The van der Waals surface area contributed by atoms with Crippen LogP contribution in [0.4, 0.5) is 28.0 Å². The molecule has 0 radical (unpaired) electrons. The van der Waals surface area contributed by atoms with Gasteiger partial charge in [0.1, 0.15) is 23.5 Å². The number of hydrogen-bond acceptors (Lipinski definition) is 8. The van der Waals surface area contributed by atoms with Gasteiger partial charge in [0.25, 0.3) is 5.91 Å². The minimum Gasteiger partial charge on any atom is -0.444 e. The van der Waals surface area contributed by atoms with Crippen LogP contribution in [-0.2, 0) is 22.3 Å². The molecule has 1 N–H and O–H groups in total. The highest BCUT2D eigenvalue weighted by Gasteiger charge is 2.38. The molecular weight excluding hydrogens is 542 g/mol. The lowest BCUT2D eigenvalue weighted by Crippen LogP contribution is -2.50. The molecule has 0 saturated heterocycles. The van der Waals surface area contributed by atoms with Crippen LogP contribution in [0.3, 0.4) is 0 Å². The van der Waals surface area contributed by atoms with E-state index in [2.05, 4.69) is 20.0 Å². The van der Waals surface area contributed by atoms with Crippen molar-refractivity contribution in [2.24, 2.45) is 0 Å². The fourth-order valence-electron chi connectivity index (χ4n) is 3.62. The number of ether oxygens (including phenoxy) is 1. The van der Waals surface area contributed by atoms with Crippen molar-refractivity contribution in [1.82, 2.24) is 15.5 Å². The number of nitriles is 1. The third-order valence-electron chi connectivity index (χ3n) is 5.34. The van der Waals surface area contributed by atoms with E-state index >= 15 is 0 Å². The third kappa shape index (κ3) is 6.48. The summed E-state index contributed by atoms with van der Waals surface area (Å²) in [6, 6.07) is 9.16. The van der Waals surface area contributed by atoms with Gasteiger partial charge in [0.05, 0.1) is 17.8 Å². The molecule has 204 valence electrons. The van der Waals surface area contributed by atoms with Gasteiger partial charge in [-0.25, -0.2) is 9.18 Å². The Kier molecular flexibility index (Phi) is 7.56. The second kappa shape index (κ2) is 10.6. The zero-order chi connectivity index (χ0) is 28.5. The van der Waals surface area contributed by atoms with Crippen molar-refractivity contribution in [3.05, 3.63) is 59.2 Å². The number of carbonyl (C=O) groups excluding carboxylic acids is 2. The number of aromatic nitrogens is 2. The van der Waals surface area contributed by atoms with Gasteiger partial charge in [0.2, 0.25) is 5.82 Å². The monoisotopic (exact) mass is 563 g/mol. The lowest BCUT2D eigenvalue weighted by molar-refractivity contribution is -0.159. The molecule has 0 fully saturated rings. The first kappa shape index (κ1) is 27.9. The van der Waals surface area contributed by atoms with Crippen LogP contribution in [0.15, 0.2) is 45.8 Å². The van der Waals surface area contributed by atoms with Crippen LogP contribution < -0.4 is 10.2 Å². The number of nitrogens with zero attached hydrogens (tertiary/aromatic N) is 4. The number of fused-ring (bicyclic) bond motifs is 1. The van der Waals surface area contributed by atoms with Crippen LogP contribution >= 0.6 is 11.8 Å². The standard InChI is InChI=1S/C25H21F4N5O4S/c1-24(2,3)37-23(36)31-17-12-39-19-9-16(26)15(10-30)8-18(19)34(21(17)35)11-13-4-6-14(7-5-13)20-32-22(38-33-20)25(27,28)29/h4-9,17H,11-12H2,1-3H3,(H,31,36)/t17-/m0/s1. The van der Waals surface area contributed by atoms with Gasteiger partial charge in [-0.2, -0.15) is 23.4 Å². The maximum absolute atomic E-state index is 14.4. The van der Waals surface area contributed by atoms with Crippen LogP contribution in [0.5, 0.6) is 0 Å². The number of carbonyl (C=O) groups is 2. The topological polar surface area (TPSA) is 121 Å². The highest BCUT2D eigenvalue weighted by atomic mass is 32.2. The Morgan fingerprint density at radius 1 is 1.26 bits per heavy atom. The van der Waals surface area contributed by atoms with E-state index < -0.39 is 41.5 Å². The molecule has 0 unspecified atom stereocenters. The summed E-state index contributed by atoms with van der Waals surface area (Å²) in [6.07, 6.45) is -5.59. The van der Waals surface area contributed by atoms with Gasteiger partial charge in [-0.1, -0.05) is 29.4 Å². The van der Waals surface area contributed by atoms with E-state index in [9.17, 15) is 32.4 Å². The second-order valence-corrected chi connectivity index (χ2v) is 10.5. The summed E-state index contributed by atoms with van der Waals surface area (Å²) in [5, 5.41) is 15.2. The number of thioether (sulfide) groups is 1. The lowest BCUT2D eigenvalue weighted by Gasteiger charge is -2.27. The van der Waals surface area contributed by atoms with Crippen molar-refractivity contribution in [3.63, 3.8) is 0 Å². The number of alkyl halides is 3. The van der Waals surface area contributed by atoms with Gasteiger partial charge >= 0.3 is 18.2 Å². The minimum atomic E-state index is -4.78. The van der Waals surface area contributed by atoms with E-state index in [1.807, 2.05) is 0 Å². The first-order chi connectivity index (χ1) is 18.2. The molecule has 0 bridgehead atoms. The summed E-state index contributed by atoms with van der Waals surface area (Å²) in [6.45, 7) is 4.96. The quantitative estimate of drug-likeness (QED) is 0.425. The Morgan fingerprint density at radius 3 is 2.54 bits per heavy atom. The normalized spacial score (nSPS) is 15.8. The number of nitrogens with one attached hydrogen (secondary N) is 1. The van der Waals surface area contributed by atoms with Crippen LogP contribution in [0, 0.1) is 17.1 Å². The zero-order valence-corrected chi connectivity index (χ0v) is 21.6. The van der Waals surface area contributed by atoms with Crippen LogP contribution in [0.1, 0.15) is 37.8 Å². The number of alkyl carbamates (subject to hydrolysis) is 1. The van der Waals surface area contributed by atoms with E-state index in [1.165, 1.54) is 23.1 Å². The molecule has 0 spiro atoms. The Hall–Kier alpha value is -4.12. The van der Waals surface area contributed by atoms with Crippen molar-refractivity contribution >= 4 is 29.4 Å². The van der Waals surface area contributed by atoms with Crippen LogP contribution in [0.2, 0.25) is 0 Å². The number of amides is 2. The molecule has 3 aromatic rings. The SMILES string of the molecule is CC(C)(C)OC(=O)N[C@H]1CSc2cc(F)c(C#N)cc2N(Cc2ccc(-c3noc(C(F)(F)F)n3)cc2)C1=O. The third-order valence-corrected chi connectivity index (χ3v) is 6.48. The molecule has 2 heterocycles. The number of rotatable bonds is 4. The van der Waals surface area contributed by atoms with Gasteiger partial charge in [0.15, 0.2) is 0 Å². The number of benzene rings is 2. The van der Waals surface area contributed by atoms with Crippen molar-refractivity contribution in [2.75, 3.05) is 10.7 Å². The number of anilines is 1. The number of hydrogen-bond donors (Lipinski definition) is 1. The summed E-state index contributed by atoms with van der Waals surface area (Å²) in [5.41, 5.74) is -0.00954. The van der Waals surface area contributed by atoms with Crippen molar-refractivity contribution < 1.29 is 36.4 Å². The molecule has 4 rings (SSSR count). The summed E-state index contributed by atoms with van der Waals surface area (Å²) >= 11 is 1.13. The van der Waals surface area contributed by atoms with E-state index in [0.29, 0.717) is 10.5 Å². The summed E-state index contributed by atoms with van der Waals surface area (Å²) in [4.78, 5) is 31.1. The predicted molar refractivity (Wildman–Crippen MR) is 131 cm³/mol. The van der Waals surface area contributed by atoms with Gasteiger partial charge < -0.3 is 19.5 Å².